The molecule has 0 spiro atoms. The lowest BCUT2D eigenvalue weighted by molar-refractivity contribution is -0.384. The summed E-state index contributed by atoms with van der Waals surface area (Å²) < 4.78 is 10.5. The first kappa shape index (κ1) is 21.5. The van der Waals surface area contributed by atoms with Crippen molar-refractivity contribution in [1.82, 2.24) is 0 Å². The van der Waals surface area contributed by atoms with Crippen molar-refractivity contribution < 1.29 is 24.0 Å². The van der Waals surface area contributed by atoms with Gasteiger partial charge in [-0.15, -0.1) is 0 Å². The Kier molecular flexibility index (Phi) is 6.86. The molecule has 3 rings (SSSR count). The van der Waals surface area contributed by atoms with Crippen molar-refractivity contribution in [3.05, 3.63) is 62.7 Å². The molecule has 1 fully saturated rings. The molecule has 0 saturated carbocycles. The van der Waals surface area contributed by atoms with Gasteiger partial charge in [-0.1, -0.05) is 11.6 Å². The van der Waals surface area contributed by atoms with Gasteiger partial charge in [0.05, 0.1) is 46.6 Å². The Hall–Kier alpha value is -3.17. The van der Waals surface area contributed by atoms with Gasteiger partial charge < -0.3 is 19.7 Å². The number of carbonyl (C=O) groups excluding carboxylic acids is 2. The van der Waals surface area contributed by atoms with Crippen molar-refractivity contribution in [3.63, 3.8) is 0 Å². The lowest BCUT2D eigenvalue weighted by Gasteiger charge is -2.30. The average Bonchev–Trinajstić information content (AvgIpc) is 2.74. The van der Waals surface area contributed by atoms with Gasteiger partial charge in [0.2, 0.25) is 0 Å². The third-order valence-corrected chi connectivity index (χ3v) is 4.82. The van der Waals surface area contributed by atoms with Gasteiger partial charge in [0.15, 0.2) is 0 Å². The highest BCUT2D eigenvalue weighted by atomic mass is 35.5. The number of hydrogen-bond acceptors (Lipinski definition) is 7. The minimum atomic E-state index is -0.594. The average molecular weight is 434 g/mol. The van der Waals surface area contributed by atoms with E-state index >= 15 is 0 Å². The van der Waals surface area contributed by atoms with Crippen LogP contribution in [-0.4, -0.2) is 49.7 Å². The van der Waals surface area contributed by atoms with Crippen LogP contribution >= 0.6 is 11.6 Å². The van der Waals surface area contributed by atoms with Crippen LogP contribution in [-0.2, 0) is 9.47 Å². The maximum Gasteiger partial charge on any atom is 0.340 e. The maximum atomic E-state index is 12.6. The highest BCUT2D eigenvalue weighted by molar-refractivity contribution is 6.34. The molecule has 1 aliphatic rings. The molecule has 10 heteroatoms. The van der Waals surface area contributed by atoms with Crippen molar-refractivity contribution >= 4 is 40.5 Å². The Morgan fingerprint density at radius 3 is 2.57 bits per heavy atom. The molecule has 2 aromatic rings. The van der Waals surface area contributed by atoms with E-state index < -0.39 is 16.8 Å². The molecule has 0 aliphatic carbocycles. The van der Waals surface area contributed by atoms with Crippen LogP contribution in [0.1, 0.15) is 27.6 Å². The third kappa shape index (κ3) is 4.87. The van der Waals surface area contributed by atoms with Crippen LogP contribution in [0.2, 0.25) is 5.02 Å². The maximum absolute atomic E-state index is 12.6. The number of rotatable bonds is 6. The fourth-order valence-electron chi connectivity index (χ4n) is 3.07. The molecule has 2 aromatic carbocycles. The molecule has 1 N–H and O–H groups in total. The zero-order valence-electron chi connectivity index (χ0n) is 16.2. The van der Waals surface area contributed by atoms with E-state index in [9.17, 15) is 19.7 Å². The Morgan fingerprint density at radius 1 is 1.20 bits per heavy atom. The van der Waals surface area contributed by atoms with Crippen LogP contribution in [0.15, 0.2) is 36.4 Å². The lowest BCUT2D eigenvalue weighted by Crippen LogP contribution is -2.37. The van der Waals surface area contributed by atoms with E-state index in [0.717, 1.165) is 6.07 Å². The molecule has 1 aliphatic heterocycles. The molecule has 1 saturated heterocycles. The quantitative estimate of drug-likeness (QED) is 0.421. The predicted octanol–water partition coefficient (Wildman–Crippen LogP) is 3.51. The summed E-state index contributed by atoms with van der Waals surface area (Å²) in [4.78, 5) is 37.4. The van der Waals surface area contributed by atoms with E-state index in [4.69, 9.17) is 21.1 Å². The summed E-state index contributed by atoms with van der Waals surface area (Å²) in [6, 6.07) is 8.55. The smallest absolute Gasteiger partial charge is 0.340 e. The minimum Gasteiger partial charge on any atom is -0.462 e. The summed E-state index contributed by atoms with van der Waals surface area (Å²) in [5, 5.41) is 13.5. The van der Waals surface area contributed by atoms with Crippen LogP contribution in [0.4, 0.5) is 17.1 Å². The number of anilines is 2. The van der Waals surface area contributed by atoms with Gasteiger partial charge in [-0.05, 0) is 31.2 Å². The van der Waals surface area contributed by atoms with E-state index in [1.807, 2.05) is 4.90 Å². The first-order valence-electron chi connectivity index (χ1n) is 9.30. The molecule has 0 atom stereocenters. The second kappa shape index (κ2) is 9.55. The van der Waals surface area contributed by atoms with Gasteiger partial charge in [-0.3, -0.25) is 14.9 Å². The predicted molar refractivity (Wildman–Crippen MR) is 111 cm³/mol. The fraction of sp³-hybridized carbons (Fsp3) is 0.300. The Balaban J connectivity index is 1.87. The van der Waals surface area contributed by atoms with Gasteiger partial charge in [-0.2, -0.15) is 0 Å². The molecule has 1 amide bonds. The van der Waals surface area contributed by atoms with E-state index in [2.05, 4.69) is 5.32 Å². The molecule has 30 heavy (non-hydrogen) atoms. The number of morpholine rings is 1. The standard InChI is InChI=1S/C20H20ClN3O6/c1-2-30-20(26)16-11-13(3-6-18(16)23-7-9-29-10-8-23)22-19(25)15-5-4-14(24(27)28)12-17(15)21/h3-6,11-12H,2,7-10H2,1H3,(H,22,25). The molecule has 1 heterocycles. The number of nitrogens with one attached hydrogen (secondary N) is 1. The first-order valence-corrected chi connectivity index (χ1v) is 9.67. The van der Waals surface area contributed by atoms with Gasteiger partial charge in [0.25, 0.3) is 11.6 Å². The number of non-ortho nitro benzene ring substituents is 1. The number of hydrogen-bond donors (Lipinski definition) is 1. The zero-order valence-corrected chi connectivity index (χ0v) is 17.0. The third-order valence-electron chi connectivity index (χ3n) is 4.51. The summed E-state index contributed by atoms with van der Waals surface area (Å²) >= 11 is 6.03. The van der Waals surface area contributed by atoms with Crippen molar-refractivity contribution in [2.24, 2.45) is 0 Å². The van der Waals surface area contributed by atoms with E-state index in [1.54, 1.807) is 25.1 Å². The molecule has 0 unspecified atom stereocenters. The number of carbonyl (C=O) groups is 2. The molecular weight excluding hydrogens is 414 g/mol. The number of ether oxygens (including phenoxy) is 2. The molecule has 0 radical (unpaired) electrons. The summed E-state index contributed by atoms with van der Waals surface area (Å²) in [6.45, 7) is 4.32. The number of nitro groups is 1. The molecule has 0 bridgehead atoms. The summed E-state index contributed by atoms with van der Waals surface area (Å²) in [5.74, 6) is -1.05. The van der Waals surface area contributed by atoms with E-state index in [1.165, 1.54) is 12.1 Å². The minimum absolute atomic E-state index is 0.0442. The molecule has 9 nitrogen and oxygen atoms in total. The van der Waals surface area contributed by atoms with E-state index in [0.29, 0.717) is 43.2 Å². The normalized spacial score (nSPS) is 13.6. The number of nitro benzene ring substituents is 1. The van der Waals surface area contributed by atoms with Crippen molar-refractivity contribution in [3.8, 4) is 0 Å². The lowest BCUT2D eigenvalue weighted by atomic mass is 10.1. The summed E-state index contributed by atoms with van der Waals surface area (Å²) in [5.41, 5.74) is 1.26. The number of benzene rings is 2. The van der Waals surface area contributed by atoms with Gasteiger partial charge in [-0.25, -0.2) is 4.79 Å². The Bertz CT molecular complexity index is 975. The van der Waals surface area contributed by atoms with Crippen LogP contribution in [0.25, 0.3) is 0 Å². The van der Waals surface area contributed by atoms with Crippen LogP contribution < -0.4 is 10.2 Å². The largest absolute Gasteiger partial charge is 0.462 e. The number of amides is 1. The Labute approximate surface area is 177 Å². The molecular formula is C20H20ClN3O6. The van der Waals surface area contributed by atoms with Crippen molar-refractivity contribution in [1.29, 1.82) is 0 Å². The summed E-state index contributed by atoms with van der Waals surface area (Å²) in [7, 11) is 0. The topological polar surface area (TPSA) is 111 Å². The second-order valence-electron chi connectivity index (χ2n) is 6.43. The van der Waals surface area contributed by atoms with Crippen molar-refractivity contribution in [2.45, 2.75) is 6.92 Å². The number of nitrogens with zero attached hydrogens (tertiary/aromatic N) is 2. The van der Waals surface area contributed by atoms with Gasteiger partial charge >= 0.3 is 5.97 Å². The second-order valence-corrected chi connectivity index (χ2v) is 6.83. The van der Waals surface area contributed by atoms with Crippen LogP contribution in [0.3, 0.4) is 0 Å². The SMILES string of the molecule is CCOC(=O)c1cc(NC(=O)c2ccc([N+](=O)[O-])cc2Cl)ccc1N1CCOCC1. The number of esters is 1. The molecule has 158 valence electrons. The van der Waals surface area contributed by atoms with Gasteiger partial charge in [0.1, 0.15) is 0 Å². The molecule has 0 aromatic heterocycles. The van der Waals surface area contributed by atoms with Gasteiger partial charge in [0, 0.05) is 30.9 Å². The zero-order chi connectivity index (χ0) is 21.7. The van der Waals surface area contributed by atoms with Crippen molar-refractivity contribution in [2.75, 3.05) is 43.1 Å². The Morgan fingerprint density at radius 2 is 1.93 bits per heavy atom. The highest BCUT2D eigenvalue weighted by Crippen LogP contribution is 2.28. The van der Waals surface area contributed by atoms with E-state index in [-0.39, 0.29) is 22.9 Å². The first-order chi connectivity index (χ1) is 14.4. The van der Waals surface area contributed by atoms with Crippen LogP contribution in [0.5, 0.6) is 0 Å². The summed E-state index contributed by atoms with van der Waals surface area (Å²) in [6.07, 6.45) is 0. The number of halogens is 1. The van der Waals surface area contributed by atoms with Crippen LogP contribution in [0, 0.1) is 10.1 Å². The monoisotopic (exact) mass is 433 g/mol. The fourth-order valence-corrected chi connectivity index (χ4v) is 3.33. The highest BCUT2D eigenvalue weighted by Gasteiger charge is 2.21.